The summed E-state index contributed by atoms with van der Waals surface area (Å²) in [5.41, 5.74) is 6.26. The van der Waals surface area contributed by atoms with E-state index in [1.54, 1.807) is 0 Å². The summed E-state index contributed by atoms with van der Waals surface area (Å²) in [4.78, 5) is 6.33. The van der Waals surface area contributed by atoms with Crippen molar-refractivity contribution in [2.45, 2.75) is 30.4 Å². The van der Waals surface area contributed by atoms with Gasteiger partial charge in [0.05, 0.1) is 11.2 Å². The van der Waals surface area contributed by atoms with Crippen LogP contribution in [0.25, 0.3) is 22.2 Å². The summed E-state index contributed by atoms with van der Waals surface area (Å²) in [7, 11) is 0. The molecule has 104 valence electrons. The Labute approximate surface area is 129 Å². The molecule has 0 aliphatic carbocycles. The van der Waals surface area contributed by atoms with Crippen molar-refractivity contribution in [2.75, 3.05) is 0 Å². The minimum atomic E-state index is 0.0464. The molecule has 2 heteroatoms. The molecule has 4 rings (SSSR count). The van der Waals surface area contributed by atoms with Gasteiger partial charge in [0.1, 0.15) is 0 Å². The number of para-hydroxylation sites is 1. The Kier molecular flexibility index (Phi) is 2.67. The summed E-state index contributed by atoms with van der Waals surface area (Å²) in [6, 6.07) is 17.1. The van der Waals surface area contributed by atoms with Gasteiger partial charge in [-0.05, 0) is 44.0 Å². The van der Waals surface area contributed by atoms with Crippen LogP contribution in [0.2, 0.25) is 0 Å². The van der Waals surface area contributed by atoms with Gasteiger partial charge < -0.3 is 0 Å². The van der Waals surface area contributed by atoms with Crippen molar-refractivity contribution in [2.24, 2.45) is 0 Å². The van der Waals surface area contributed by atoms with Crippen LogP contribution in [0.3, 0.4) is 0 Å². The van der Waals surface area contributed by atoms with Crippen molar-refractivity contribution in [1.29, 1.82) is 0 Å². The van der Waals surface area contributed by atoms with Gasteiger partial charge in [-0.1, -0.05) is 36.4 Å². The summed E-state index contributed by atoms with van der Waals surface area (Å²) < 4.78 is 0.0464. The molecule has 0 atom stereocenters. The molecule has 2 aromatic carbocycles. The maximum atomic E-state index is 5.00. The summed E-state index contributed by atoms with van der Waals surface area (Å²) in [5.74, 6) is 0. The molecule has 1 nitrogen and oxygen atoms in total. The van der Waals surface area contributed by atoms with Gasteiger partial charge in [-0.25, -0.2) is 4.98 Å². The Bertz CT molecular complexity index is 865. The second-order valence-corrected chi connectivity index (χ2v) is 7.75. The highest BCUT2D eigenvalue weighted by atomic mass is 32.2. The topological polar surface area (TPSA) is 12.9 Å². The van der Waals surface area contributed by atoms with Gasteiger partial charge in [0.2, 0.25) is 0 Å². The van der Waals surface area contributed by atoms with Crippen LogP contribution >= 0.6 is 11.8 Å². The van der Waals surface area contributed by atoms with Crippen molar-refractivity contribution in [3.63, 3.8) is 0 Å². The Balaban J connectivity index is 2.17. The molecule has 0 radical (unpaired) electrons. The third-order valence-corrected chi connectivity index (χ3v) is 5.55. The van der Waals surface area contributed by atoms with Gasteiger partial charge in [-0.15, -0.1) is 11.8 Å². The fourth-order valence-electron chi connectivity index (χ4n) is 3.39. The number of rotatable bonds is 0. The molecule has 1 aliphatic heterocycles. The van der Waals surface area contributed by atoms with E-state index < -0.39 is 0 Å². The van der Waals surface area contributed by atoms with E-state index in [0.717, 1.165) is 11.2 Å². The number of nitrogens with zero attached hydrogens (tertiary/aromatic N) is 1. The van der Waals surface area contributed by atoms with Crippen molar-refractivity contribution in [3.8, 4) is 11.3 Å². The monoisotopic (exact) mass is 291 g/mol. The molecular formula is C19H17NS. The molecule has 0 bridgehead atoms. The van der Waals surface area contributed by atoms with Crippen LogP contribution in [-0.2, 0) is 4.75 Å². The van der Waals surface area contributed by atoms with E-state index in [0.29, 0.717) is 0 Å². The molecule has 0 fully saturated rings. The van der Waals surface area contributed by atoms with E-state index in [-0.39, 0.29) is 4.75 Å². The molecule has 0 amide bonds. The summed E-state index contributed by atoms with van der Waals surface area (Å²) in [6.45, 7) is 6.84. The second-order valence-electron chi connectivity index (χ2n) is 6.09. The molecule has 0 saturated carbocycles. The zero-order valence-electron chi connectivity index (χ0n) is 12.5. The zero-order valence-corrected chi connectivity index (χ0v) is 13.3. The lowest BCUT2D eigenvalue weighted by Gasteiger charge is -2.34. The minimum Gasteiger partial charge on any atom is -0.247 e. The standard InChI is InChI=1S/C19H17NS/c1-12-13-8-4-6-10-15(13)20-18-14-9-5-7-11-16(14)21-19(2,3)17(12)18/h4-11H,1-3H3. The lowest BCUT2D eigenvalue weighted by molar-refractivity contribution is 0.767. The molecule has 2 heterocycles. The molecule has 0 saturated heterocycles. The number of hydrogen-bond acceptors (Lipinski definition) is 2. The molecule has 0 N–H and O–H groups in total. The van der Waals surface area contributed by atoms with E-state index in [2.05, 4.69) is 69.3 Å². The van der Waals surface area contributed by atoms with Crippen LogP contribution < -0.4 is 0 Å². The Morgan fingerprint density at radius 1 is 0.952 bits per heavy atom. The van der Waals surface area contributed by atoms with Gasteiger partial charge in [-0.3, -0.25) is 0 Å². The molecule has 0 spiro atoms. The van der Waals surface area contributed by atoms with Crippen molar-refractivity contribution < 1.29 is 0 Å². The maximum absolute atomic E-state index is 5.00. The fraction of sp³-hybridized carbons (Fsp3) is 0.211. The van der Waals surface area contributed by atoms with Crippen LogP contribution in [0.1, 0.15) is 25.0 Å². The number of thioether (sulfide) groups is 1. The average Bonchev–Trinajstić information content (AvgIpc) is 2.46. The summed E-state index contributed by atoms with van der Waals surface area (Å²) >= 11 is 1.94. The fourth-order valence-corrected chi connectivity index (χ4v) is 4.71. The number of pyridine rings is 1. The third kappa shape index (κ3) is 1.82. The van der Waals surface area contributed by atoms with Crippen LogP contribution in [0.4, 0.5) is 0 Å². The van der Waals surface area contributed by atoms with E-state index in [4.69, 9.17) is 4.98 Å². The maximum Gasteiger partial charge on any atom is 0.0769 e. The van der Waals surface area contributed by atoms with E-state index in [1.807, 2.05) is 11.8 Å². The lowest BCUT2D eigenvalue weighted by Crippen LogP contribution is -2.20. The zero-order chi connectivity index (χ0) is 14.6. The average molecular weight is 291 g/mol. The SMILES string of the molecule is Cc1c2c(nc3ccccc13)-c1ccccc1SC2(C)C. The van der Waals surface area contributed by atoms with Crippen molar-refractivity contribution in [1.82, 2.24) is 4.98 Å². The highest BCUT2D eigenvalue weighted by Gasteiger charge is 2.34. The van der Waals surface area contributed by atoms with Gasteiger partial charge in [0, 0.05) is 20.6 Å². The highest BCUT2D eigenvalue weighted by Crippen LogP contribution is 2.53. The Morgan fingerprint density at radius 2 is 1.67 bits per heavy atom. The van der Waals surface area contributed by atoms with Crippen molar-refractivity contribution in [3.05, 3.63) is 59.7 Å². The number of hydrogen-bond donors (Lipinski definition) is 0. The van der Waals surface area contributed by atoms with Gasteiger partial charge in [0.15, 0.2) is 0 Å². The van der Waals surface area contributed by atoms with Crippen LogP contribution in [0.15, 0.2) is 53.4 Å². The minimum absolute atomic E-state index is 0.0464. The molecule has 3 aromatic rings. The number of aromatic nitrogens is 1. The first-order chi connectivity index (χ1) is 10.1. The molecular weight excluding hydrogens is 274 g/mol. The molecule has 1 aromatic heterocycles. The van der Waals surface area contributed by atoms with Gasteiger partial charge >= 0.3 is 0 Å². The third-order valence-electron chi connectivity index (χ3n) is 4.26. The predicted octanol–water partition coefficient (Wildman–Crippen LogP) is 5.55. The smallest absolute Gasteiger partial charge is 0.0769 e. The van der Waals surface area contributed by atoms with E-state index in [9.17, 15) is 0 Å². The quantitative estimate of drug-likeness (QED) is 0.538. The van der Waals surface area contributed by atoms with E-state index >= 15 is 0 Å². The van der Waals surface area contributed by atoms with Gasteiger partial charge in [-0.2, -0.15) is 0 Å². The first-order valence-electron chi connectivity index (χ1n) is 7.26. The molecule has 1 aliphatic rings. The second kappa shape index (κ2) is 4.35. The first-order valence-corrected chi connectivity index (χ1v) is 8.08. The number of benzene rings is 2. The highest BCUT2D eigenvalue weighted by molar-refractivity contribution is 8.00. The Morgan fingerprint density at radius 3 is 2.52 bits per heavy atom. The first kappa shape index (κ1) is 12.9. The van der Waals surface area contributed by atoms with Crippen LogP contribution in [0.5, 0.6) is 0 Å². The number of aryl methyl sites for hydroxylation is 1. The largest absolute Gasteiger partial charge is 0.247 e. The molecule has 21 heavy (non-hydrogen) atoms. The molecule has 0 unspecified atom stereocenters. The number of fused-ring (bicyclic) bond motifs is 4. The van der Waals surface area contributed by atoms with Gasteiger partial charge in [0.25, 0.3) is 0 Å². The van der Waals surface area contributed by atoms with Crippen LogP contribution in [-0.4, -0.2) is 4.98 Å². The Hall–Kier alpha value is -1.80. The summed E-state index contributed by atoms with van der Waals surface area (Å²) in [6.07, 6.45) is 0. The summed E-state index contributed by atoms with van der Waals surface area (Å²) in [5, 5.41) is 1.27. The van der Waals surface area contributed by atoms with Crippen LogP contribution in [0, 0.1) is 6.92 Å². The van der Waals surface area contributed by atoms with E-state index in [1.165, 1.54) is 27.0 Å². The normalized spacial score (nSPS) is 15.6. The predicted molar refractivity (Wildman–Crippen MR) is 90.8 cm³/mol. The lowest BCUT2D eigenvalue weighted by atomic mass is 9.89. The van der Waals surface area contributed by atoms with Crippen molar-refractivity contribution >= 4 is 22.7 Å².